The zero-order chi connectivity index (χ0) is 14.4. The van der Waals surface area contributed by atoms with Crippen LogP contribution in [0.25, 0.3) is 5.57 Å². The summed E-state index contributed by atoms with van der Waals surface area (Å²) in [5.74, 6) is 0. The fourth-order valence-corrected chi connectivity index (χ4v) is 2.80. The van der Waals surface area contributed by atoms with Gasteiger partial charge in [0.15, 0.2) is 0 Å². The van der Waals surface area contributed by atoms with Crippen LogP contribution in [0.5, 0.6) is 0 Å². The van der Waals surface area contributed by atoms with Crippen molar-refractivity contribution in [3.05, 3.63) is 42.0 Å². The number of hydrogen-bond donors (Lipinski definition) is 1. The van der Waals surface area contributed by atoms with Gasteiger partial charge >= 0.3 is 0 Å². The molecule has 0 aliphatic carbocycles. The fourth-order valence-electron chi connectivity index (χ4n) is 2.80. The molecule has 1 aliphatic heterocycles. The second-order valence-electron chi connectivity index (χ2n) is 5.98. The quantitative estimate of drug-likeness (QED) is 0.850. The minimum atomic E-state index is 0.733. The van der Waals surface area contributed by atoms with E-state index in [1.165, 1.54) is 43.5 Å². The molecule has 1 saturated heterocycles. The molecule has 0 radical (unpaired) electrons. The first-order valence-corrected chi connectivity index (χ1v) is 7.89. The SMILES string of the molecule is C=C(C)c1ccc(CN2CCC(NCCC)CC2)cc1. The smallest absolute Gasteiger partial charge is 0.0233 e. The molecule has 110 valence electrons. The van der Waals surface area contributed by atoms with Gasteiger partial charge in [0.25, 0.3) is 0 Å². The summed E-state index contributed by atoms with van der Waals surface area (Å²) in [7, 11) is 0. The van der Waals surface area contributed by atoms with Gasteiger partial charge < -0.3 is 5.32 Å². The molecule has 1 aromatic carbocycles. The van der Waals surface area contributed by atoms with Gasteiger partial charge in [0.2, 0.25) is 0 Å². The van der Waals surface area contributed by atoms with Gasteiger partial charge in [0.05, 0.1) is 0 Å². The van der Waals surface area contributed by atoms with Crippen molar-refractivity contribution in [1.82, 2.24) is 10.2 Å². The number of nitrogens with one attached hydrogen (secondary N) is 1. The van der Waals surface area contributed by atoms with E-state index in [1.807, 2.05) is 0 Å². The molecule has 20 heavy (non-hydrogen) atoms. The molecular formula is C18H28N2. The van der Waals surface area contributed by atoms with E-state index in [9.17, 15) is 0 Å². The van der Waals surface area contributed by atoms with E-state index in [0.29, 0.717) is 0 Å². The summed E-state index contributed by atoms with van der Waals surface area (Å²) < 4.78 is 0. The summed E-state index contributed by atoms with van der Waals surface area (Å²) in [6, 6.07) is 9.59. The third kappa shape index (κ3) is 4.46. The summed E-state index contributed by atoms with van der Waals surface area (Å²) in [4.78, 5) is 2.57. The Bertz CT molecular complexity index is 414. The van der Waals surface area contributed by atoms with Gasteiger partial charge in [0, 0.05) is 12.6 Å². The average Bonchev–Trinajstić information content (AvgIpc) is 2.47. The molecule has 1 fully saturated rings. The maximum atomic E-state index is 3.99. The highest BCUT2D eigenvalue weighted by atomic mass is 15.1. The van der Waals surface area contributed by atoms with Crippen LogP contribution in [0.1, 0.15) is 44.2 Å². The van der Waals surface area contributed by atoms with E-state index in [-0.39, 0.29) is 0 Å². The highest BCUT2D eigenvalue weighted by Gasteiger charge is 2.18. The lowest BCUT2D eigenvalue weighted by Crippen LogP contribution is -2.42. The van der Waals surface area contributed by atoms with Gasteiger partial charge in [-0.15, -0.1) is 0 Å². The van der Waals surface area contributed by atoms with Crippen molar-refractivity contribution in [2.45, 2.75) is 45.7 Å². The van der Waals surface area contributed by atoms with E-state index in [0.717, 1.165) is 24.7 Å². The van der Waals surface area contributed by atoms with Crippen molar-refractivity contribution in [3.8, 4) is 0 Å². The first-order chi connectivity index (χ1) is 9.69. The first kappa shape index (κ1) is 15.3. The molecule has 1 aromatic rings. The van der Waals surface area contributed by atoms with Crippen molar-refractivity contribution < 1.29 is 0 Å². The predicted octanol–water partition coefficient (Wildman–Crippen LogP) is 3.68. The zero-order valence-corrected chi connectivity index (χ0v) is 13.0. The van der Waals surface area contributed by atoms with E-state index in [1.54, 1.807) is 0 Å². The highest BCUT2D eigenvalue weighted by molar-refractivity contribution is 5.61. The van der Waals surface area contributed by atoms with Gasteiger partial charge in [-0.3, -0.25) is 4.90 Å². The Balaban J connectivity index is 1.79. The van der Waals surface area contributed by atoms with Gasteiger partial charge in [-0.2, -0.15) is 0 Å². The van der Waals surface area contributed by atoms with Crippen LogP contribution in [0.3, 0.4) is 0 Å². The maximum Gasteiger partial charge on any atom is 0.0233 e. The number of hydrogen-bond acceptors (Lipinski definition) is 2. The molecule has 0 bridgehead atoms. The lowest BCUT2D eigenvalue weighted by molar-refractivity contribution is 0.191. The molecule has 1 N–H and O–H groups in total. The van der Waals surface area contributed by atoms with Crippen LogP contribution in [0.15, 0.2) is 30.8 Å². The van der Waals surface area contributed by atoms with Crippen LogP contribution in [0.2, 0.25) is 0 Å². The van der Waals surface area contributed by atoms with Gasteiger partial charge in [0.1, 0.15) is 0 Å². The van der Waals surface area contributed by atoms with Crippen LogP contribution in [-0.4, -0.2) is 30.6 Å². The highest BCUT2D eigenvalue weighted by Crippen LogP contribution is 2.16. The van der Waals surface area contributed by atoms with Crippen LogP contribution >= 0.6 is 0 Å². The molecule has 1 aliphatic rings. The lowest BCUT2D eigenvalue weighted by Gasteiger charge is -2.32. The molecule has 2 heteroatoms. The number of nitrogens with zero attached hydrogens (tertiary/aromatic N) is 1. The van der Waals surface area contributed by atoms with E-state index < -0.39 is 0 Å². The van der Waals surface area contributed by atoms with Crippen LogP contribution in [0.4, 0.5) is 0 Å². The van der Waals surface area contributed by atoms with Crippen molar-refractivity contribution >= 4 is 5.57 Å². The Kier molecular flexibility index (Phi) is 5.81. The van der Waals surface area contributed by atoms with Gasteiger partial charge in [-0.25, -0.2) is 0 Å². The number of benzene rings is 1. The second-order valence-corrected chi connectivity index (χ2v) is 5.98. The van der Waals surface area contributed by atoms with Crippen molar-refractivity contribution in [3.63, 3.8) is 0 Å². The zero-order valence-electron chi connectivity index (χ0n) is 13.0. The second kappa shape index (κ2) is 7.61. The predicted molar refractivity (Wildman–Crippen MR) is 87.7 cm³/mol. The number of allylic oxidation sites excluding steroid dienone is 1. The number of likely N-dealkylation sites (tertiary alicyclic amines) is 1. The normalized spacial score (nSPS) is 17.3. The third-order valence-electron chi connectivity index (χ3n) is 4.12. The molecule has 1 heterocycles. The Morgan fingerprint density at radius 2 is 1.90 bits per heavy atom. The van der Waals surface area contributed by atoms with Crippen molar-refractivity contribution in [1.29, 1.82) is 0 Å². The molecule has 0 unspecified atom stereocenters. The van der Waals surface area contributed by atoms with Crippen molar-refractivity contribution in [2.24, 2.45) is 0 Å². The molecule has 0 spiro atoms. The minimum absolute atomic E-state index is 0.733. The summed E-state index contributed by atoms with van der Waals surface area (Å²) in [6.07, 6.45) is 3.79. The van der Waals surface area contributed by atoms with Crippen LogP contribution in [0, 0.1) is 0 Å². The standard InChI is InChI=1S/C18H28N2/c1-4-11-19-18-9-12-20(13-10-18)14-16-5-7-17(8-6-16)15(2)3/h5-8,18-19H,2,4,9-14H2,1,3H3. The molecule has 0 atom stereocenters. The van der Waals surface area contributed by atoms with Crippen LogP contribution < -0.4 is 5.32 Å². The third-order valence-corrected chi connectivity index (χ3v) is 4.12. The van der Waals surface area contributed by atoms with Gasteiger partial charge in [-0.05, 0) is 56.9 Å². The maximum absolute atomic E-state index is 3.99. The number of rotatable bonds is 6. The fraction of sp³-hybridized carbons (Fsp3) is 0.556. The lowest BCUT2D eigenvalue weighted by atomic mass is 10.0. The van der Waals surface area contributed by atoms with E-state index >= 15 is 0 Å². The van der Waals surface area contributed by atoms with Gasteiger partial charge in [-0.1, -0.05) is 43.3 Å². The summed E-state index contributed by atoms with van der Waals surface area (Å²) in [6.45, 7) is 12.9. The average molecular weight is 272 g/mol. The Morgan fingerprint density at radius 3 is 2.45 bits per heavy atom. The van der Waals surface area contributed by atoms with Crippen LogP contribution in [-0.2, 0) is 6.54 Å². The Morgan fingerprint density at radius 1 is 1.25 bits per heavy atom. The summed E-state index contributed by atoms with van der Waals surface area (Å²) in [5, 5.41) is 3.64. The molecule has 0 saturated carbocycles. The monoisotopic (exact) mass is 272 g/mol. The molecule has 0 aromatic heterocycles. The summed E-state index contributed by atoms with van der Waals surface area (Å²) in [5.41, 5.74) is 3.80. The number of piperidine rings is 1. The minimum Gasteiger partial charge on any atom is -0.314 e. The Labute approximate surface area is 123 Å². The molecule has 2 nitrogen and oxygen atoms in total. The topological polar surface area (TPSA) is 15.3 Å². The summed E-state index contributed by atoms with van der Waals surface area (Å²) >= 11 is 0. The first-order valence-electron chi connectivity index (χ1n) is 7.89. The van der Waals surface area contributed by atoms with E-state index in [2.05, 4.69) is 54.9 Å². The molecule has 0 amide bonds. The largest absolute Gasteiger partial charge is 0.314 e. The Hall–Kier alpha value is -1.12. The van der Waals surface area contributed by atoms with Crippen molar-refractivity contribution in [2.75, 3.05) is 19.6 Å². The molecular weight excluding hydrogens is 244 g/mol. The van der Waals surface area contributed by atoms with E-state index in [4.69, 9.17) is 0 Å². The molecule has 2 rings (SSSR count).